The summed E-state index contributed by atoms with van der Waals surface area (Å²) in [6.45, 7) is 6.29. The summed E-state index contributed by atoms with van der Waals surface area (Å²) in [7, 11) is 0. The summed E-state index contributed by atoms with van der Waals surface area (Å²) < 4.78 is 2.02. The van der Waals surface area contributed by atoms with Gasteiger partial charge in [-0.15, -0.1) is 0 Å². The van der Waals surface area contributed by atoms with E-state index in [-0.39, 0.29) is 11.0 Å². The molecule has 0 aliphatic carbocycles. The minimum Gasteiger partial charge on any atom is -0.381 e. The number of carbonyl (C=O) groups is 1. The van der Waals surface area contributed by atoms with Crippen molar-refractivity contribution in [2.45, 2.75) is 13.1 Å². The number of nitrogens with zero attached hydrogens (tertiary/aromatic N) is 6. The molecule has 3 aromatic heterocycles. The highest BCUT2D eigenvalue weighted by Gasteiger charge is 2.17. The van der Waals surface area contributed by atoms with Crippen molar-refractivity contribution in [3.05, 3.63) is 231 Å². The fourth-order valence-electron chi connectivity index (χ4n) is 5.54. The van der Waals surface area contributed by atoms with E-state index in [2.05, 4.69) is 54.7 Å². The van der Waals surface area contributed by atoms with Crippen LogP contribution in [0.25, 0.3) is 21.7 Å². The molecule has 0 spiro atoms. The molecule has 64 heavy (non-hydrogen) atoms. The minimum absolute atomic E-state index is 0.257. The van der Waals surface area contributed by atoms with Crippen LogP contribution in [0.5, 0.6) is 0 Å². The number of aldehydes is 1. The Morgan fingerprint density at radius 3 is 1.78 bits per heavy atom. The van der Waals surface area contributed by atoms with Crippen LogP contribution in [0.1, 0.15) is 21.5 Å². The second kappa shape index (κ2) is 26.0. The fourth-order valence-corrected chi connectivity index (χ4v) is 6.02. The lowest BCUT2D eigenvalue weighted by atomic mass is 10.1. The quantitative estimate of drug-likeness (QED) is 0.109. The Hall–Kier alpha value is -7.59. The lowest BCUT2D eigenvalue weighted by molar-refractivity contribution is 0.112. The maximum Gasteiger partial charge on any atom is 0.341 e. The van der Waals surface area contributed by atoms with Gasteiger partial charge in [-0.2, -0.15) is 0 Å². The highest BCUT2D eigenvalue weighted by molar-refractivity contribution is 6.31. The monoisotopic (exact) mass is 905 g/mol. The Morgan fingerprint density at radius 1 is 0.672 bits per heavy atom. The summed E-state index contributed by atoms with van der Waals surface area (Å²) in [6, 6.07) is 54.1. The summed E-state index contributed by atoms with van der Waals surface area (Å²) in [5.74, 6) is 1.85. The molecule has 3 heterocycles. The number of anilines is 4. The third-order valence-electron chi connectivity index (χ3n) is 8.63. The molecule has 14 heteroatoms. The van der Waals surface area contributed by atoms with E-state index in [0.29, 0.717) is 28.8 Å². The molecule has 0 unspecified atom stereocenters. The number of hydrogen-bond donors (Lipinski definition) is 4. The second-order valence-corrected chi connectivity index (χ2v) is 14.4. The first-order valence-corrected chi connectivity index (χ1v) is 20.8. The summed E-state index contributed by atoms with van der Waals surface area (Å²) in [4.78, 5) is 30.3. The van der Waals surface area contributed by atoms with Crippen LogP contribution in [0.3, 0.4) is 0 Å². The van der Waals surface area contributed by atoms with Crippen molar-refractivity contribution in [1.82, 2.24) is 24.3 Å². The van der Waals surface area contributed by atoms with Gasteiger partial charge in [0.05, 0.1) is 0 Å². The molecular formula is C50H44Cl3N10O+. The van der Waals surface area contributed by atoms with Gasteiger partial charge in [-0.25, -0.2) is 19.9 Å². The van der Waals surface area contributed by atoms with Crippen molar-refractivity contribution in [3.8, 4) is 17.8 Å². The number of hydrogen-bond acceptors (Lipinski definition) is 9. The third kappa shape index (κ3) is 15.4. The first-order chi connectivity index (χ1) is 31.3. The molecule has 11 nitrogen and oxygen atoms in total. The molecule has 0 aliphatic heterocycles. The Morgan fingerprint density at radius 2 is 1.27 bits per heavy atom. The van der Waals surface area contributed by atoms with E-state index < -0.39 is 0 Å². The third-order valence-corrected chi connectivity index (χ3v) is 9.39. The van der Waals surface area contributed by atoms with Gasteiger partial charge in [0.1, 0.15) is 17.8 Å². The predicted molar refractivity (Wildman–Crippen MR) is 264 cm³/mol. The minimum atomic E-state index is 0.257. The molecule has 0 saturated heterocycles. The van der Waals surface area contributed by atoms with Gasteiger partial charge < -0.3 is 22.1 Å². The topological polar surface area (TPSA) is 154 Å². The Labute approximate surface area is 387 Å². The number of nitrogen functional groups attached to an aromatic ring is 1. The van der Waals surface area contributed by atoms with Crippen LogP contribution in [0, 0.1) is 6.57 Å². The summed E-state index contributed by atoms with van der Waals surface area (Å²) in [5, 5.41) is 8.51. The number of aromatic nitrogens is 5. The molecule has 6 aromatic carbocycles. The molecule has 6 N–H and O–H groups in total. The van der Waals surface area contributed by atoms with E-state index in [1.165, 1.54) is 23.5 Å². The molecule has 320 valence electrons. The molecule has 9 aromatic rings. The molecular weight excluding hydrogens is 863 g/mol. The van der Waals surface area contributed by atoms with Crippen LogP contribution >= 0.6 is 34.8 Å². The SMILES string of the molecule is C#[N+]c1cccc(Cl)c1.Clc1cccc(Nc2c(-c3ccccc3)nc3c(NCc4ccccc4)nccn23)c1.NCc1ccccc1.Nc1nccnc1Cl.O=Cc1ccccc1. The summed E-state index contributed by atoms with van der Waals surface area (Å²) >= 11 is 17.2. The van der Waals surface area contributed by atoms with Gasteiger partial charge in [0.2, 0.25) is 0 Å². The Balaban J connectivity index is 0.000000187. The number of nitrogens with one attached hydrogen (secondary N) is 2. The van der Waals surface area contributed by atoms with Crippen molar-refractivity contribution < 1.29 is 4.79 Å². The van der Waals surface area contributed by atoms with Gasteiger partial charge in [-0.3, -0.25) is 9.20 Å². The average Bonchev–Trinajstić information content (AvgIpc) is 3.72. The normalized spacial score (nSPS) is 9.80. The zero-order valence-electron chi connectivity index (χ0n) is 34.4. The maximum absolute atomic E-state index is 10.0. The van der Waals surface area contributed by atoms with E-state index in [1.54, 1.807) is 42.6 Å². The number of fused-ring (bicyclic) bond motifs is 1. The van der Waals surface area contributed by atoms with Crippen LogP contribution in [0.15, 0.2) is 195 Å². The number of carbonyl (C=O) groups excluding carboxylic acids is 1. The van der Waals surface area contributed by atoms with Gasteiger partial charge >= 0.3 is 5.69 Å². The zero-order valence-corrected chi connectivity index (χ0v) is 36.7. The number of nitrogens with two attached hydrogens (primary N) is 2. The maximum atomic E-state index is 10.0. The van der Waals surface area contributed by atoms with Crippen LogP contribution in [-0.4, -0.2) is 30.6 Å². The molecule has 0 bridgehead atoms. The Kier molecular flexibility index (Phi) is 19.3. The van der Waals surface area contributed by atoms with Gasteiger partial charge in [-0.05, 0) is 40.2 Å². The van der Waals surface area contributed by atoms with Crippen molar-refractivity contribution in [3.63, 3.8) is 0 Å². The second-order valence-electron chi connectivity index (χ2n) is 13.2. The molecule has 0 atom stereocenters. The zero-order chi connectivity index (χ0) is 45.4. The fraction of sp³-hybridized carbons (Fsp3) is 0.0400. The van der Waals surface area contributed by atoms with Gasteiger partial charge in [0.25, 0.3) is 6.57 Å². The molecule has 0 saturated carbocycles. The standard InChI is InChI=1S/C25H20ClN5.C7H5ClN.C7H9N.C7H6O.C4H4ClN3/c26-20-12-7-13-21(16-20)29-24-22(19-10-5-2-6-11-19)30-25-23(27-14-15-31(24)25)28-17-18-8-3-1-4-9-18;1-9-7-4-2-3-6(8)5-7;2*8-6-7-4-2-1-3-5-7;5-3-4(6)8-2-1-7-3/h1-16,29H,17H2,(H,27,28);1-5H;1-5H,6,8H2;1-6H;1-2H,(H2,6,8)/q;+1;;;. The van der Waals surface area contributed by atoms with Gasteiger partial charge in [-0.1, -0.05) is 168 Å². The highest BCUT2D eigenvalue weighted by atomic mass is 35.5. The first kappa shape index (κ1) is 47.5. The molecule has 0 amide bonds. The van der Waals surface area contributed by atoms with E-state index in [9.17, 15) is 4.79 Å². The van der Waals surface area contributed by atoms with Gasteiger partial charge in [0, 0.05) is 76.9 Å². The van der Waals surface area contributed by atoms with Crippen LogP contribution < -0.4 is 22.1 Å². The number of benzene rings is 6. The Bertz CT molecular complexity index is 2810. The summed E-state index contributed by atoms with van der Waals surface area (Å²) in [5.41, 5.74) is 17.9. The molecule has 0 radical (unpaired) electrons. The number of halogens is 3. The van der Waals surface area contributed by atoms with Crippen molar-refractivity contribution in [1.29, 1.82) is 0 Å². The van der Waals surface area contributed by atoms with Crippen LogP contribution in [-0.2, 0) is 13.1 Å². The molecule has 9 rings (SSSR count). The van der Waals surface area contributed by atoms with Crippen LogP contribution in [0.4, 0.5) is 28.8 Å². The number of imidazole rings is 1. The van der Waals surface area contributed by atoms with E-state index in [4.69, 9.17) is 57.8 Å². The predicted octanol–water partition coefficient (Wildman–Crippen LogP) is 12.7. The largest absolute Gasteiger partial charge is 0.381 e. The highest BCUT2D eigenvalue weighted by Crippen LogP contribution is 2.33. The lowest BCUT2D eigenvalue weighted by Gasteiger charge is -2.10. The smallest absolute Gasteiger partial charge is 0.341 e. The van der Waals surface area contributed by atoms with Gasteiger partial charge in [0.15, 0.2) is 22.4 Å². The van der Waals surface area contributed by atoms with Crippen molar-refractivity contribution in [2.24, 2.45) is 5.73 Å². The van der Waals surface area contributed by atoms with Crippen molar-refractivity contribution >= 4 is 75.6 Å². The summed E-state index contributed by atoms with van der Waals surface area (Å²) in [6.07, 6.45) is 7.50. The molecule has 0 aliphatic rings. The lowest BCUT2D eigenvalue weighted by Crippen LogP contribution is -2.04. The van der Waals surface area contributed by atoms with E-state index in [1.807, 2.05) is 120 Å². The van der Waals surface area contributed by atoms with Crippen LogP contribution in [0.2, 0.25) is 15.2 Å². The molecule has 0 fully saturated rings. The average molecular weight is 907 g/mol. The van der Waals surface area contributed by atoms with E-state index in [0.717, 1.165) is 46.1 Å². The first-order valence-electron chi connectivity index (χ1n) is 19.6. The number of rotatable bonds is 8. The van der Waals surface area contributed by atoms with Crippen molar-refractivity contribution in [2.75, 3.05) is 16.4 Å². The van der Waals surface area contributed by atoms with E-state index >= 15 is 0 Å².